The van der Waals surface area contributed by atoms with E-state index in [-0.39, 0.29) is 68.1 Å². The van der Waals surface area contributed by atoms with E-state index in [0.29, 0.717) is 119 Å². The number of carbonyl (C=O) groups excluding carboxylic acids is 7. The second-order valence-electron chi connectivity index (χ2n) is 35.8. The van der Waals surface area contributed by atoms with Crippen LogP contribution in [-0.4, -0.2) is 231 Å². The van der Waals surface area contributed by atoms with Crippen molar-refractivity contribution in [1.82, 2.24) is 50.7 Å². The summed E-state index contributed by atoms with van der Waals surface area (Å²) in [5, 5.41) is 40.1. The quantitative estimate of drug-likeness (QED) is 0.0261. The molecule has 0 unspecified atom stereocenters. The fourth-order valence-electron chi connectivity index (χ4n) is 16.6. The Labute approximate surface area is 768 Å². The van der Waals surface area contributed by atoms with Crippen molar-refractivity contribution in [2.45, 2.75) is 219 Å². The second-order valence-corrected chi connectivity index (χ2v) is 37.2. The molecule has 3 aliphatic rings. The maximum atomic E-state index is 14.1. The van der Waals surface area contributed by atoms with Gasteiger partial charge in [0, 0.05) is 118 Å². The molecule has 3 saturated heterocycles. The van der Waals surface area contributed by atoms with Gasteiger partial charge in [0.05, 0.1) is 6.04 Å². The number of ether oxygens (including phenoxy) is 3. The molecule has 6 N–H and O–H groups in total. The number of fused-ring (bicyclic) bond motifs is 3. The van der Waals surface area contributed by atoms with E-state index in [4.69, 9.17) is 49.0 Å². The zero-order valence-corrected chi connectivity index (χ0v) is 77.4. The number of halogens is 3. The van der Waals surface area contributed by atoms with Gasteiger partial charge in [-0.15, -0.1) is 0 Å². The molecule has 27 heteroatoms. The summed E-state index contributed by atoms with van der Waals surface area (Å²) in [6, 6.07) is 59.4. The molecule has 0 aliphatic carbocycles. The fraction of sp³-hybridized carbons (Fsp3) is 0.436. The van der Waals surface area contributed by atoms with E-state index in [1.54, 1.807) is 116 Å². The van der Waals surface area contributed by atoms with Crippen LogP contribution >= 0.6 is 34.8 Å². The number of hydrogen-bond donors (Lipinski definition) is 6. The molecular weight excluding hydrogens is 1680 g/mol. The van der Waals surface area contributed by atoms with Gasteiger partial charge in [-0.25, -0.2) is 14.4 Å². The van der Waals surface area contributed by atoms with Gasteiger partial charge >= 0.3 is 30.2 Å². The molecule has 0 spiro atoms. The van der Waals surface area contributed by atoms with Gasteiger partial charge in [-0.3, -0.25) is 43.5 Å². The number of aliphatic carboxylic acids is 2. The number of nitrogens with one attached hydrogen (secondary N) is 4. The molecule has 0 saturated carbocycles. The van der Waals surface area contributed by atoms with Gasteiger partial charge in [-0.05, 0) is 203 Å². The van der Waals surface area contributed by atoms with Crippen molar-refractivity contribution < 1.29 is 67.6 Å². The maximum Gasteiger partial charge on any atom is 0.408 e. The predicted molar refractivity (Wildman–Crippen MR) is 507 cm³/mol. The molecule has 686 valence electrons. The smallest absolute Gasteiger partial charge is 0.408 e. The van der Waals surface area contributed by atoms with Gasteiger partial charge in [0.1, 0.15) is 47.0 Å². The summed E-state index contributed by atoms with van der Waals surface area (Å²) >= 11 is 18.2. The summed E-state index contributed by atoms with van der Waals surface area (Å²) in [4.78, 5) is 130. The van der Waals surface area contributed by atoms with E-state index in [9.17, 15) is 53.4 Å². The lowest BCUT2D eigenvalue weighted by atomic mass is 9.97. The minimum atomic E-state index is -0.884. The van der Waals surface area contributed by atoms with E-state index < -0.39 is 77.2 Å². The van der Waals surface area contributed by atoms with E-state index in [1.807, 2.05) is 169 Å². The number of amides is 7. The number of rotatable bonds is 27. The van der Waals surface area contributed by atoms with E-state index in [1.165, 1.54) is 0 Å². The molecule has 3 aliphatic heterocycles. The lowest BCUT2D eigenvalue weighted by molar-refractivity contribution is -0.148. The molecule has 0 radical (unpaired) electrons. The Balaban J connectivity index is 0.000000216. The molecule has 0 aromatic heterocycles. The molecule has 12 rings (SSSR count). The Morgan fingerprint density at radius 1 is 0.352 bits per heavy atom. The first-order valence-electron chi connectivity index (χ1n) is 43.8. The second kappa shape index (κ2) is 46.4. The summed E-state index contributed by atoms with van der Waals surface area (Å²) in [7, 11) is 1.66. The first-order valence-corrected chi connectivity index (χ1v) is 44.9. The van der Waals surface area contributed by atoms with Crippen LogP contribution < -0.4 is 21.3 Å². The van der Waals surface area contributed by atoms with E-state index in [0.717, 1.165) is 65.7 Å². The third-order valence-electron chi connectivity index (χ3n) is 23.0. The highest BCUT2D eigenvalue weighted by Gasteiger charge is 2.43. The average Bonchev–Trinajstić information content (AvgIpc) is 0.806. The number of carboxylic acid groups (broad SMARTS) is 2. The zero-order chi connectivity index (χ0) is 92.0. The first-order chi connectivity index (χ1) is 60.3. The molecule has 9 aromatic carbocycles. The summed E-state index contributed by atoms with van der Waals surface area (Å²) in [5.74, 6) is -2.42. The van der Waals surface area contributed by atoms with Crippen LogP contribution in [0.2, 0.25) is 15.1 Å². The summed E-state index contributed by atoms with van der Waals surface area (Å²) in [6.07, 6.45) is 2.16. The third-order valence-corrected chi connectivity index (χ3v) is 23.8. The van der Waals surface area contributed by atoms with Gasteiger partial charge in [-0.1, -0.05) is 227 Å². The van der Waals surface area contributed by atoms with Crippen molar-refractivity contribution in [2.75, 3.05) is 66.0 Å². The van der Waals surface area contributed by atoms with Crippen LogP contribution in [0.1, 0.15) is 143 Å². The Kier molecular flexibility index (Phi) is 36.6. The van der Waals surface area contributed by atoms with Gasteiger partial charge < -0.3 is 60.4 Å². The number of hydrogen-bond acceptors (Lipinski definition) is 15. The molecule has 128 heavy (non-hydrogen) atoms. The van der Waals surface area contributed by atoms with Gasteiger partial charge in [0.2, 0.25) is 23.6 Å². The van der Waals surface area contributed by atoms with Crippen LogP contribution in [0.3, 0.4) is 0 Å². The van der Waals surface area contributed by atoms with Crippen molar-refractivity contribution in [1.29, 1.82) is 0 Å². The van der Waals surface area contributed by atoms with Crippen LogP contribution in [0, 0.1) is 0 Å². The molecule has 0 bridgehead atoms. The summed E-state index contributed by atoms with van der Waals surface area (Å²) in [6.45, 7) is 25.9. The van der Waals surface area contributed by atoms with Crippen molar-refractivity contribution in [2.24, 2.45) is 0 Å². The monoisotopic (exact) mass is 1810 g/mol. The van der Waals surface area contributed by atoms with Crippen LogP contribution in [0.15, 0.2) is 200 Å². The SMILES string of the molecule is C.CC[C@H]1CN([C@@H](Cc2ccc3ccccc3c2)C(=O)NC)CCN1C(=O)[C@@H](Cc1ccc(Cl)cc1)NC(=O)OC(C)(C)C.CC[C@H]1CN([C@@H](Cc2ccc3ccccc3c2)C(=O)O)CCN1C(=O)[C@@H](Cc1ccc(Cl)cc1)NC(=O)OC(C)(C)C.CC[C@H]1CN([C@@H](Cc2ccc3ccccc3c2)C(=O)O)CCN1C(=O)[C@@H](Cc1ccc(Cl)cc1)NC(=O)OC(C)(C)C. The molecule has 7 amide bonds. The van der Waals surface area contributed by atoms with E-state index >= 15 is 0 Å². The van der Waals surface area contributed by atoms with Crippen molar-refractivity contribution in [3.05, 3.63) is 249 Å². The number of nitrogens with zero attached hydrogens (tertiary/aromatic N) is 6. The summed E-state index contributed by atoms with van der Waals surface area (Å²) in [5.41, 5.74) is 3.44. The van der Waals surface area contributed by atoms with Gasteiger partial charge in [0.15, 0.2) is 0 Å². The van der Waals surface area contributed by atoms with Crippen molar-refractivity contribution in [3.8, 4) is 0 Å². The van der Waals surface area contributed by atoms with Crippen molar-refractivity contribution >= 4 is 121 Å². The zero-order valence-electron chi connectivity index (χ0n) is 75.1. The van der Waals surface area contributed by atoms with Crippen LogP contribution in [0.5, 0.6) is 0 Å². The highest BCUT2D eigenvalue weighted by atomic mass is 35.5. The van der Waals surface area contributed by atoms with Gasteiger partial charge in [-0.2, -0.15) is 0 Å². The maximum absolute atomic E-state index is 14.1. The fourth-order valence-corrected chi connectivity index (χ4v) is 17.0. The Bertz CT molecular complexity index is 5040. The Morgan fingerprint density at radius 2 is 0.594 bits per heavy atom. The largest absolute Gasteiger partial charge is 0.480 e. The topological polar surface area (TPSA) is 289 Å². The predicted octanol–water partition coefficient (Wildman–Crippen LogP) is 16.9. The van der Waals surface area contributed by atoms with Crippen LogP contribution in [-0.2, 0) is 81.5 Å². The minimum Gasteiger partial charge on any atom is -0.480 e. The Morgan fingerprint density at radius 3 is 0.836 bits per heavy atom. The Hall–Kier alpha value is -10.9. The third kappa shape index (κ3) is 29.6. The van der Waals surface area contributed by atoms with E-state index in [2.05, 4.69) is 56.5 Å². The van der Waals surface area contributed by atoms with Crippen LogP contribution in [0.25, 0.3) is 32.3 Å². The van der Waals surface area contributed by atoms with Crippen molar-refractivity contribution in [3.63, 3.8) is 0 Å². The number of likely N-dealkylation sites (N-methyl/N-ethyl adjacent to an activating group) is 1. The number of carboxylic acids is 2. The molecule has 9 atom stereocenters. The normalized spacial score (nSPS) is 17.2. The number of piperazine rings is 3. The molecule has 9 aromatic rings. The lowest BCUT2D eigenvalue weighted by Gasteiger charge is -2.44. The number of carbonyl (C=O) groups is 9. The lowest BCUT2D eigenvalue weighted by Crippen LogP contribution is -2.63. The molecule has 3 heterocycles. The molecule has 3 fully saturated rings. The molecular formula is C101H127Cl3N10O14. The highest BCUT2D eigenvalue weighted by Crippen LogP contribution is 2.29. The average molecular weight is 1810 g/mol. The van der Waals surface area contributed by atoms with Gasteiger partial charge in [0.25, 0.3) is 0 Å². The summed E-state index contributed by atoms with van der Waals surface area (Å²) < 4.78 is 16.4. The molecule has 24 nitrogen and oxygen atoms in total. The standard InChI is InChI=1S/C34H43ClN4O4.2C33H40ClN3O5.CH4/c1-6-28-22-38(30(31(40)36-5)21-24-11-14-25-9-7-8-10-26(25)19-24)17-18-39(28)32(41)29(37-33(42)43-34(2,3)4)20-23-12-15-27(35)16-13-23;2*1-5-27-21-36(29(31(39)40)20-23-10-13-24-8-6-7-9-25(24)18-23)16-17-37(27)30(38)28(35-32(41)42-33(2,3)4)19-22-11-14-26(34)15-12-22;/h7-16,19,28-30H,6,17-18,20-22H2,1-5H3,(H,36,40)(H,37,42);2*6-15,18,27-29H,5,16-17,19-21H2,1-4H3,(H,35,41)(H,39,40);1H4/t28-,29+,30-;2*27-,28+,29-;/m000./s1. The van der Waals surface area contributed by atoms with Crippen LogP contribution in [0.4, 0.5) is 14.4 Å². The number of benzene rings is 9. The highest BCUT2D eigenvalue weighted by molar-refractivity contribution is 6.31. The number of alkyl carbamates (subject to hydrolysis) is 3. The minimum absolute atomic E-state index is 0. The first kappa shape index (κ1) is 101.